The van der Waals surface area contributed by atoms with Crippen molar-refractivity contribution in [1.29, 1.82) is 0 Å². The molecule has 2 unspecified atom stereocenters. The lowest BCUT2D eigenvalue weighted by atomic mass is 10.1. The normalized spacial score (nSPS) is 18.1. The molecule has 2 aromatic rings. The van der Waals surface area contributed by atoms with Crippen LogP contribution in [0.1, 0.15) is 38.1 Å². The molecule has 5 heteroatoms. The molecule has 2 atom stereocenters. The Morgan fingerprint density at radius 2 is 2.24 bits per heavy atom. The number of aliphatic hydroxyl groups is 1. The Balaban J connectivity index is 1.83. The zero-order valence-corrected chi connectivity index (χ0v) is 13.3. The molecule has 114 valence electrons. The molecule has 1 aromatic carbocycles. The van der Waals surface area contributed by atoms with Crippen LogP contribution in [-0.4, -0.2) is 27.3 Å². The summed E-state index contributed by atoms with van der Waals surface area (Å²) in [5.74, 6) is 1.72. The molecule has 1 fully saturated rings. The van der Waals surface area contributed by atoms with Gasteiger partial charge in [0.15, 0.2) is 0 Å². The van der Waals surface area contributed by atoms with Crippen LogP contribution in [0.5, 0.6) is 0 Å². The Labute approximate surface area is 130 Å². The molecule has 1 saturated carbocycles. The first kappa shape index (κ1) is 14.8. The second kappa shape index (κ2) is 5.95. The highest BCUT2D eigenvalue weighted by molar-refractivity contribution is 6.31. The second-order valence-electron chi connectivity index (χ2n) is 6.01. The summed E-state index contributed by atoms with van der Waals surface area (Å²) in [6, 6.07) is 6.32. The van der Waals surface area contributed by atoms with E-state index in [4.69, 9.17) is 16.6 Å². The second-order valence-corrected chi connectivity index (χ2v) is 6.44. The van der Waals surface area contributed by atoms with Crippen molar-refractivity contribution >= 4 is 22.6 Å². The van der Waals surface area contributed by atoms with Crippen LogP contribution in [0.15, 0.2) is 18.2 Å². The first-order chi connectivity index (χ1) is 10.1. The van der Waals surface area contributed by atoms with E-state index in [1.165, 1.54) is 12.8 Å². The van der Waals surface area contributed by atoms with Crippen molar-refractivity contribution in [2.75, 3.05) is 6.61 Å². The number of aromatic nitrogens is 2. The smallest absolute Gasteiger partial charge is 0.126 e. The summed E-state index contributed by atoms with van der Waals surface area (Å²) >= 11 is 6.07. The molecule has 2 N–H and O–H groups in total. The van der Waals surface area contributed by atoms with Gasteiger partial charge in [-0.3, -0.25) is 0 Å². The highest BCUT2D eigenvalue weighted by atomic mass is 35.5. The van der Waals surface area contributed by atoms with E-state index in [9.17, 15) is 5.11 Å². The molecular formula is C16H22ClN3O. The number of benzene rings is 1. The Morgan fingerprint density at radius 3 is 2.90 bits per heavy atom. The monoisotopic (exact) mass is 307 g/mol. The number of nitrogens with zero attached hydrogens (tertiary/aromatic N) is 2. The molecule has 0 spiro atoms. The summed E-state index contributed by atoms with van der Waals surface area (Å²) in [6.45, 7) is 2.37. The van der Waals surface area contributed by atoms with E-state index in [0.29, 0.717) is 12.0 Å². The van der Waals surface area contributed by atoms with Crippen molar-refractivity contribution in [3.05, 3.63) is 29.0 Å². The molecule has 0 bridgehead atoms. The zero-order chi connectivity index (χ0) is 15.0. The molecule has 0 amide bonds. The first-order valence-electron chi connectivity index (χ1n) is 7.59. The number of halogens is 1. The number of aryl methyl sites for hydroxylation is 1. The van der Waals surface area contributed by atoms with Gasteiger partial charge in [-0.05, 0) is 50.3 Å². The van der Waals surface area contributed by atoms with Crippen molar-refractivity contribution < 1.29 is 5.11 Å². The van der Waals surface area contributed by atoms with Gasteiger partial charge in [-0.25, -0.2) is 4.98 Å². The van der Waals surface area contributed by atoms with E-state index in [-0.39, 0.29) is 12.6 Å². The maximum atomic E-state index is 9.22. The van der Waals surface area contributed by atoms with Crippen LogP contribution in [0, 0.1) is 5.92 Å². The minimum Gasteiger partial charge on any atom is -0.396 e. The Kier molecular flexibility index (Phi) is 4.20. The lowest BCUT2D eigenvalue weighted by Crippen LogP contribution is -2.35. The Hall–Kier alpha value is -1.10. The zero-order valence-electron chi connectivity index (χ0n) is 12.5. The van der Waals surface area contributed by atoms with E-state index in [1.807, 2.05) is 25.2 Å². The third kappa shape index (κ3) is 3.07. The van der Waals surface area contributed by atoms with Gasteiger partial charge in [-0.1, -0.05) is 11.6 Å². The van der Waals surface area contributed by atoms with Crippen LogP contribution in [-0.2, 0) is 7.05 Å². The number of rotatable bonds is 6. The summed E-state index contributed by atoms with van der Waals surface area (Å²) in [5, 5.41) is 13.6. The molecule has 4 nitrogen and oxygen atoms in total. The lowest BCUT2D eigenvalue weighted by molar-refractivity contribution is 0.248. The van der Waals surface area contributed by atoms with E-state index in [0.717, 1.165) is 28.3 Å². The minimum atomic E-state index is 0.151. The van der Waals surface area contributed by atoms with E-state index >= 15 is 0 Å². The number of hydrogen-bond acceptors (Lipinski definition) is 3. The van der Waals surface area contributed by atoms with Gasteiger partial charge >= 0.3 is 0 Å². The quantitative estimate of drug-likeness (QED) is 0.862. The van der Waals surface area contributed by atoms with Crippen LogP contribution in [0.4, 0.5) is 0 Å². The molecule has 0 radical (unpaired) electrons. The molecule has 0 saturated heterocycles. The summed E-state index contributed by atoms with van der Waals surface area (Å²) in [5.41, 5.74) is 2.02. The van der Waals surface area contributed by atoms with Crippen LogP contribution in [0.25, 0.3) is 11.0 Å². The van der Waals surface area contributed by atoms with Crippen molar-refractivity contribution in [2.45, 2.75) is 38.3 Å². The molecule has 1 aliphatic rings. The summed E-state index contributed by atoms with van der Waals surface area (Å²) in [6.07, 6.45) is 3.34. The highest BCUT2D eigenvalue weighted by Crippen LogP contribution is 2.35. The third-order valence-corrected chi connectivity index (χ3v) is 4.60. The first-order valence-corrected chi connectivity index (χ1v) is 7.96. The standard InChI is InChI=1S/C16H22ClN3O/c1-10(18-13(7-8-21)11-3-4-11)16-19-14-6-5-12(17)9-15(14)20(16)2/h5-6,9-11,13,18,21H,3-4,7-8H2,1-2H3. The average Bonchev–Trinajstić information content (AvgIpc) is 3.24. The van der Waals surface area contributed by atoms with E-state index < -0.39 is 0 Å². The van der Waals surface area contributed by atoms with Gasteiger partial charge in [-0.2, -0.15) is 0 Å². The predicted molar refractivity (Wildman–Crippen MR) is 85.5 cm³/mol. The minimum absolute atomic E-state index is 0.151. The summed E-state index contributed by atoms with van der Waals surface area (Å²) in [4.78, 5) is 4.73. The SMILES string of the molecule is CC(NC(CCO)C1CC1)c1nc2ccc(Cl)cc2n1C. The highest BCUT2D eigenvalue weighted by Gasteiger charge is 2.32. The maximum Gasteiger partial charge on any atom is 0.126 e. The number of nitrogens with one attached hydrogen (secondary N) is 1. The molecule has 1 aliphatic carbocycles. The summed E-state index contributed by atoms with van der Waals surface area (Å²) in [7, 11) is 2.03. The predicted octanol–water partition coefficient (Wildman–Crippen LogP) is 3.04. The fourth-order valence-electron chi connectivity index (χ4n) is 3.06. The van der Waals surface area contributed by atoms with E-state index in [1.54, 1.807) is 0 Å². The molecule has 21 heavy (non-hydrogen) atoms. The van der Waals surface area contributed by atoms with Crippen molar-refractivity contribution in [1.82, 2.24) is 14.9 Å². The lowest BCUT2D eigenvalue weighted by Gasteiger charge is -2.22. The van der Waals surface area contributed by atoms with Gasteiger partial charge in [0.05, 0.1) is 17.1 Å². The van der Waals surface area contributed by atoms with Crippen molar-refractivity contribution in [3.8, 4) is 0 Å². The van der Waals surface area contributed by atoms with Crippen molar-refractivity contribution in [3.63, 3.8) is 0 Å². The van der Waals surface area contributed by atoms with Crippen LogP contribution >= 0.6 is 11.6 Å². The maximum absolute atomic E-state index is 9.22. The fraction of sp³-hybridized carbons (Fsp3) is 0.562. The van der Waals surface area contributed by atoms with Gasteiger partial charge in [0.2, 0.25) is 0 Å². The fourth-order valence-corrected chi connectivity index (χ4v) is 3.22. The van der Waals surface area contributed by atoms with Crippen LogP contribution < -0.4 is 5.32 Å². The molecular weight excluding hydrogens is 286 g/mol. The van der Waals surface area contributed by atoms with Gasteiger partial charge in [-0.15, -0.1) is 0 Å². The van der Waals surface area contributed by atoms with Crippen molar-refractivity contribution in [2.24, 2.45) is 13.0 Å². The molecule has 3 rings (SSSR count). The van der Waals surface area contributed by atoms with Gasteiger partial charge in [0.1, 0.15) is 5.82 Å². The molecule has 1 heterocycles. The Bertz CT molecular complexity index is 636. The number of hydrogen-bond donors (Lipinski definition) is 2. The average molecular weight is 308 g/mol. The van der Waals surface area contributed by atoms with E-state index in [2.05, 4.69) is 16.8 Å². The molecule has 1 aromatic heterocycles. The van der Waals surface area contributed by atoms with Gasteiger partial charge in [0, 0.05) is 24.7 Å². The third-order valence-electron chi connectivity index (χ3n) is 4.36. The topological polar surface area (TPSA) is 50.1 Å². The number of imidazole rings is 1. The largest absolute Gasteiger partial charge is 0.396 e. The number of fused-ring (bicyclic) bond motifs is 1. The van der Waals surface area contributed by atoms with Crippen LogP contribution in [0.3, 0.4) is 0 Å². The Morgan fingerprint density at radius 1 is 1.48 bits per heavy atom. The van der Waals surface area contributed by atoms with Gasteiger partial charge < -0.3 is 15.0 Å². The van der Waals surface area contributed by atoms with Gasteiger partial charge in [0.25, 0.3) is 0 Å². The summed E-state index contributed by atoms with van der Waals surface area (Å²) < 4.78 is 2.10. The number of aliphatic hydroxyl groups excluding tert-OH is 1. The van der Waals surface area contributed by atoms with Crippen LogP contribution in [0.2, 0.25) is 5.02 Å². The molecule has 0 aliphatic heterocycles.